The van der Waals surface area contributed by atoms with Crippen LogP contribution in [0.4, 0.5) is 10.1 Å². The number of aliphatic hydroxyl groups excluding tert-OH is 1. The molecule has 6 nitrogen and oxygen atoms in total. The fourth-order valence-electron chi connectivity index (χ4n) is 1.59. The van der Waals surface area contributed by atoms with E-state index in [1.807, 2.05) is 0 Å². The maximum atomic E-state index is 13.3. The molecule has 0 spiro atoms. The second kappa shape index (κ2) is 6.67. The smallest absolute Gasteiger partial charge is 0.313 e. The van der Waals surface area contributed by atoms with E-state index in [0.717, 1.165) is 6.07 Å². The first-order valence-electron chi connectivity index (χ1n) is 6.12. The first kappa shape index (κ1) is 14.7. The third-order valence-corrected chi connectivity index (χ3v) is 2.71. The van der Waals surface area contributed by atoms with Gasteiger partial charge in [0.2, 0.25) is 0 Å². The van der Waals surface area contributed by atoms with Crippen LogP contribution in [-0.4, -0.2) is 23.5 Å². The van der Waals surface area contributed by atoms with E-state index in [4.69, 9.17) is 4.42 Å². The number of hydrogen-bond acceptors (Lipinski definition) is 4. The number of carbonyl (C=O) groups excluding carboxylic acids is 2. The van der Waals surface area contributed by atoms with Crippen LogP contribution in [0.3, 0.4) is 0 Å². The zero-order valence-corrected chi connectivity index (χ0v) is 10.9. The monoisotopic (exact) mass is 292 g/mol. The minimum absolute atomic E-state index is 0.0898. The van der Waals surface area contributed by atoms with E-state index in [0.29, 0.717) is 5.56 Å². The molecule has 7 heteroatoms. The molecule has 2 amide bonds. The lowest BCUT2D eigenvalue weighted by Crippen LogP contribution is -2.37. The predicted molar refractivity (Wildman–Crippen MR) is 71.7 cm³/mol. The quantitative estimate of drug-likeness (QED) is 0.739. The summed E-state index contributed by atoms with van der Waals surface area (Å²) in [4.78, 5) is 23.1. The van der Waals surface area contributed by atoms with E-state index >= 15 is 0 Å². The number of rotatable bonds is 4. The fourth-order valence-corrected chi connectivity index (χ4v) is 1.59. The molecular formula is C14H13FN2O4. The molecule has 0 bridgehead atoms. The van der Waals surface area contributed by atoms with Gasteiger partial charge in [-0.3, -0.25) is 9.59 Å². The lowest BCUT2D eigenvalue weighted by molar-refractivity contribution is -0.136. The van der Waals surface area contributed by atoms with Gasteiger partial charge in [-0.25, -0.2) is 4.39 Å². The highest BCUT2D eigenvalue weighted by atomic mass is 19.1. The molecule has 110 valence electrons. The highest BCUT2D eigenvalue weighted by Crippen LogP contribution is 2.13. The fraction of sp³-hybridized carbons (Fsp3) is 0.143. The average molecular weight is 292 g/mol. The molecule has 0 unspecified atom stereocenters. The number of benzene rings is 1. The number of para-hydroxylation sites is 1. The summed E-state index contributed by atoms with van der Waals surface area (Å²) in [6.45, 7) is -0.164. The summed E-state index contributed by atoms with van der Waals surface area (Å²) >= 11 is 0. The SMILES string of the molecule is O=C(NC[C@@H](O)c1ccoc1)C(=O)Nc1ccccc1F. The third-order valence-electron chi connectivity index (χ3n) is 2.71. The molecule has 0 saturated carbocycles. The number of carbonyl (C=O) groups is 2. The Bertz CT molecular complexity index is 628. The van der Waals surface area contributed by atoms with E-state index < -0.39 is 23.7 Å². The second-order valence-corrected chi connectivity index (χ2v) is 4.22. The molecule has 0 radical (unpaired) electrons. The summed E-state index contributed by atoms with van der Waals surface area (Å²) in [5.74, 6) is -2.63. The number of halogens is 1. The summed E-state index contributed by atoms with van der Waals surface area (Å²) in [6, 6.07) is 7.03. The number of furan rings is 1. The molecule has 0 saturated heterocycles. The van der Waals surface area contributed by atoms with Gasteiger partial charge < -0.3 is 20.2 Å². The van der Waals surface area contributed by atoms with Crippen LogP contribution in [0.1, 0.15) is 11.7 Å². The number of anilines is 1. The van der Waals surface area contributed by atoms with Gasteiger partial charge in [-0.05, 0) is 18.2 Å². The minimum Gasteiger partial charge on any atom is -0.472 e. The Hall–Kier alpha value is -2.67. The number of nitrogens with one attached hydrogen (secondary N) is 2. The Morgan fingerprint density at radius 2 is 2.00 bits per heavy atom. The van der Waals surface area contributed by atoms with Crippen molar-refractivity contribution in [3.8, 4) is 0 Å². The standard InChI is InChI=1S/C14H13FN2O4/c15-10-3-1-2-4-11(10)17-14(20)13(19)16-7-12(18)9-5-6-21-8-9/h1-6,8,12,18H,7H2,(H,16,19)(H,17,20)/t12-/m1/s1. The highest BCUT2D eigenvalue weighted by Gasteiger charge is 2.17. The van der Waals surface area contributed by atoms with E-state index in [-0.39, 0.29) is 12.2 Å². The Morgan fingerprint density at radius 1 is 1.24 bits per heavy atom. The van der Waals surface area contributed by atoms with Gasteiger partial charge in [-0.2, -0.15) is 0 Å². The van der Waals surface area contributed by atoms with Crippen LogP contribution >= 0.6 is 0 Å². The topological polar surface area (TPSA) is 91.6 Å². The largest absolute Gasteiger partial charge is 0.472 e. The molecule has 1 heterocycles. The van der Waals surface area contributed by atoms with E-state index in [1.54, 1.807) is 0 Å². The van der Waals surface area contributed by atoms with Crippen molar-refractivity contribution in [2.45, 2.75) is 6.10 Å². The Kier molecular flexibility index (Phi) is 4.68. The first-order valence-corrected chi connectivity index (χ1v) is 6.12. The van der Waals surface area contributed by atoms with Crippen molar-refractivity contribution in [1.29, 1.82) is 0 Å². The van der Waals surface area contributed by atoms with Crippen LogP contribution in [-0.2, 0) is 9.59 Å². The zero-order valence-electron chi connectivity index (χ0n) is 10.9. The van der Waals surface area contributed by atoms with Crippen molar-refractivity contribution in [2.24, 2.45) is 0 Å². The van der Waals surface area contributed by atoms with Gasteiger partial charge in [0.1, 0.15) is 5.82 Å². The van der Waals surface area contributed by atoms with Gasteiger partial charge in [-0.1, -0.05) is 12.1 Å². The Labute approximate surface area is 119 Å². The normalized spacial score (nSPS) is 11.7. The van der Waals surface area contributed by atoms with Crippen LogP contribution in [0.5, 0.6) is 0 Å². The summed E-state index contributed by atoms with van der Waals surface area (Å²) < 4.78 is 18.1. The molecule has 1 aromatic heterocycles. The molecule has 2 aromatic rings. The molecule has 2 rings (SSSR count). The summed E-state index contributed by atoms with van der Waals surface area (Å²) in [5.41, 5.74) is 0.387. The maximum Gasteiger partial charge on any atom is 0.313 e. The highest BCUT2D eigenvalue weighted by molar-refractivity contribution is 6.39. The van der Waals surface area contributed by atoms with Crippen LogP contribution in [0, 0.1) is 5.82 Å². The molecule has 3 N–H and O–H groups in total. The van der Waals surface area contributed by atoms with Crippen molar-refractivity contribution in [2.75, 3.05) is 11.9 Å². The van der Waals surface area contributed by atoms with Crippen molar-refractivity contribution in [3.05, 3.63) is 54.2 Å². The van der Waals surface area contributed by atoms with Crippen molar-refractivity contribution < 1.29 is 23.5 Å². The predicted octanol–water partition coefficient (Wildman–Crippen LogP) is 1.21. The van der Waals surface area contributed by atoms with E-state index in [9.17, 15) is 19.1 Å². The number of amides is 2. The molecule has 21 heavy (non-hydrogen) atoms. The summed E-state index contributed by atoms with van der Waals surface area (Å²) in [7, 11) is 0. The summed E-state index contributed by atoms with van der Waals surface area (Å²) in [6.07, 6.45) is 1.72. The number of hydrogen-bond donors (Lipinski definition) is 3. The van der Waals surface area contributed by atoms with Crippen molar-refractivity contribution >= 4 is 17.5 Å². The van der Waals surface area contributed by atoms with Crippen LogP contribution in [0.2, 0.25) is 0 Å². The summed E-state index contributed by atoms with van der Waals surface area (Å²) in [5, 5.41) is 14.1. The van der Waals surface area contributed by atoms with Crippen LogP contribution < -0.4 is 10.6 Å². The molecule has 1 atom stereocenters. The van der Waals surface area contributed by atoms with Gasteiger partial charge in [0.15, 0.2) is 0 Å². The Morgan fingerprint density at radius 3 is 2.67 bits per heavy atom. The zero-order chi connectivity index (χ0) is 15.2. The third kappa shape index (κ3) is 3.90. The molecule has 0 aliphatic carbocycles. The van der Waals surface area contributed by atoms with Crippen molar-refractivity contribution in [3.63, 3.8) is 0 Å². The average Bonchev–Trinajstić information content (AvgIpc) is 3.01. The van der Waals surface area contributed by atoms with Gasteiger partial charge in [-0.15, -0.1) is 0 Å². The maximum absolute atomic E-state index is 13.3. The molecule has 0 fully saturated rings. The van der Waals surface area contributed by atoms with E-state index in [2.05, 4.69) is 10.6 Å². The van der Waals surface area contributed by atoms with Crippen molar-refractivity contribution in [1.82, 2.24) is 5.32 Å². The van der Waals surface area contributed by atoms with Crippen LogP contribution in [0.15, 0.2) is 47.3 Å². The minimum atomic E-state index is -1.01. The second-order valence-electron chi connectivity index (χ2n) is 4.22. The molecular weight excluding hydrogens is 279 g/mol. The molecule has 0 aliphatic rings. The van der Waals surface area contributed by atoms with E-state index in [1.165, 1.54) is 36.8 Å². The van der Waals surface area contributed by atoms with Gasteiger partial charge in [0.05, 0.1) is 24.3 Å². The van der Waals surface area contributed by atoms with Crippen LogP contribution in [0.25, 0.3) is 0 Å². The lowest BCUT2D eigenvalue weighted by Gasteiger charge is -2.10. The van der Waals surface area contributed by atoms with Gasteiger partial charge >= 0.3 is 11.8 Å². The molecule has 1 aromatic carbocycles. The van der Waals surface area contributed by atoms with Gasteiger partial charge in [0.25, 0.3) is 0 Å². The molecule has 0 aliphatic heterocycles. The Balaban J connectivity index is 1.86. The number of aliphatic hydroxyl groups is 1. The van der Waals surface area contributed by atoms with Gasteiger partial charge in [0, 0.05) is 12.1 Å². The lowest BCUT2D eigenvalue weighted by atomic mass is 10.2. The first-order chi connectivity index (χ1) is 10.1.